The van der Waals surface area contributed by atoms with Crippen LogP contribution in [0.15, 0.2) is 36.4 Å². The summed E-state index contributed by atoms with van der Waals surface area (Å²) in [6.45, 7) is 10.2. The predicted molar refractivity (Wildman–Crippen MR) is 106 cm³/mol. The molecule has 1 aliphatic heterocycles. The molecule has 1 fully saturated rings. The van der Waals surface area contributed by atoms with E-state index in [4.69, 9.17) is 0 Å². The van der Waals surface area contributed by atoms with Crippen LogP contribution in [0.3, 0.4) is 0 Å². The number of carbonyl (C=O) groups is 2. The zero-order valence-corrected chi connectivity index (χ0v) is 16.2. The van der Waals surface area contributed by atoms with Gasteiger partial charge >= 0.3 is 0 Å². The second-order valence-corrected chi connectivity index (χ2v) is 6.97. The molecule has 0 bridgehead atoms. The molecule has 2 aromatic rings. The third-order valence-electron chi connectivity index (χ3n) is 4.79. The third kappa shape index (κ3) is 4.71. The number of nitrogens with one attached hydrogen (secondary N) is 1. The molecule has 2 heterocycles. The summed E-state index contributed by atoms with van der Waals surface area (Å²) in [5.74, 6) is -0.433. The molecular weight excluding hydrogens is 340 g/mol. The van der Waals surface area contributed by atoms with Crippen molar-refractivity contribution in [2.75, 3.05) is 38.0 Å². The number of pyridine rings is 1. The smallest absolute Gasteiger partial charge is 0.274 e. The lowest BCUT2D eigenvalue weighted by molar-refractivity contribution is 0.0637. The Hall–Kier alpha value is -2.73. The van der Waals surface area contributed by atoms with Gasteiger partial charge in [0.1, 0.15) is 11.4 Å². The monoisotopic (exact) mass is 366 g/mol. The summed E-state index contributed by atoms with van der Waals surface area (Å²) >= 11 is 0. The van der Waals surface area contributed by atoms with Gasteiger partial charge in [-0.25, -0.2) is 4.98 Å². The molecular formula is C21H26N4O2. The molecule has 0 atom stereocenters. The summed E-state index contributed by atoms with van der Waals surface area (Å²) in [6, 6.07) is 10.9. The van der Waals surface area contributed by atoms with E-state index in [1.807, 2.05) is 32.0 Å². The second-order valence-electron chi connectivity index (χ2n) is 6.97. The molecule has 0 spiro atoms. The number of aryl methyl sites for hydroxylation is 2. The van der Waals surface area contributed by atoms with Crippen molar-refractivity contribution in [3.63, 3.8) is 0 Å². The normalized spacial score (nSPS) is 14.9. The van der Waals surface area contributed by atoms with Crippen LogP contribution in [0.5, 0.6) is 0 Å². The molecule has 6 nitrogen and oxygen atoms in total. The first kappa shape index (κ1) is 19.0. The van der Waals surface area contributed by atoms with Crippen LogP contribution in [-0.4, -0.2) is 59.3 Å². The van der Waals surface area contributed by atoms with Gasteiger partial charge in [-0.2, -0.15) is 0 Å². The van der Waals surface area contributed by atoms with Crippen LogP contribution in [0.25, 0.3) is 0 Å². The lowest BCUT2D eigenvalue weighted by Crippen LogP contribution is -2.48. The van der Waals surface area contributed by atoms with Crippen LogP contribution in [0.2, 0.25) is 0 Å². The minimum atomic E-state index is -0.314. The van der Waals surface area contributed by atoms with Crippen molar-refractivity contribution < 1.29 is 9.59 Å². The Kier molecular flexibility index (Phi) is 5.86. The standard InChI is InChI=1S/C21H26N4O2/c1-4-24-8-10-25(11-9-24)21(27)19-7-5-6-18(23-19)20(26)22-17-13-15(2)12-16(3)14-17/h5-7,12-14H,4,8-11H2,1-3H3,(H,22,26). The summed E-state index contributed by atoms with van der Waals surface area (Å²) in [6.07, 6.45) is 0. The van der Waals surface area contributed by atoms with E-state index in [2.05, 4.69) is 22.1 Å². The van der Waals surface area contributed by atoms with Gasteiger partial charge in [0.2, 0.25) is 0 Å². The van der Waals surface area contributed by atoms with Crippen LogP contribution in [0.4, 0.5) is 5.69 Å². The zero-order valence-electron chi connectivity index (χ0n) is 16.2. The van der Waals surface area contributed by atoms with Gasteiger partial charge in [0.15, 0.2) is 0 Å². The molecule has 3 rings (SSSR count). The maximum atomic E-state index is 12.7. The fourth-order valence-electron chi connectivity index (χ4n) is 3.35. The minimum absolute atomic E-state index is 0.119. The highest BCUT2D eigenvalue weighted by Crippen LogP contribution is 2.15. The predicted octanol–water partition coefficient (Wildman–Crippen LogP) is 2.73. The lowest BCUT2D eigenvalue weighted by Gasteiger charge is -2.33. The maximum absolute atomic E-state index is 12.7. The number of hydrogen-bond acceptors (Lipinski definition) is 4. The van der Waals surface area contributed by atoms with E-state index >= 15 is 0 Å². The van der Waals surface area contributed by atoms with Crippen LogP contribution in [-0.2, 0) is 0 Å². The van der Waals surface area contributed by atoms with Crippen molar-refractivity contribution in [2.24, 2.45) is 0 Å². The molecule has 1 aliphatic rings. The summed E-state index contributed by atoms with van der Waals surface area (Å²) in [5.41, 5.74) is 3.44. The van der Waals surface area contributed by atoms with Crippen molar-refractivity contribution in [3.8, 4) is 0 Å². The van der Waals surface area contributed by atoms with Crippen LogP contribution < -0.4 is 5.32 Å². The van der Waals surface area contributed by atoms with E-state index in [9.17, 15) is 9.59 Å². The van der Waals surface area contributed by atoms with Crippen LogP contribution in [0.1, 0.15) is 39.0 Å². The molecule has 27 heavy (non-hydrogen) atoms. The van der Waals surface area contributed by atoms with Gasteiger partial charge in [-0.1, -0.05) is 19.1 Å². The largest absolute Gasteiger partial charge is 0.335 e. The number of benzene rings is 1. The van der Waals surface area contributed by atoms with Gasteiger partial charge in [0, 0.05) is 31.9 Å². The maximum Gasteiger partial charge on any atom is 0.274 e. The van der Waals surface area contributed by atoms with Gasteiger partial charge in [-0.3, -0.25) is 9.59 Å². The number of anilines is 1. The number of nitrogens with zero attached hydrogens (tertiary/aromatic N) is 3. The van der Waals surface area contributed by atoms with Gasteiger partial charge in [0.25, 0.3) is 11.8 Å². The molecule has 142 valence electrons. The van der Waals surface area contributed by atoms with Crippen molar-refractivity contribution in [2.45, 2.75) is 20.8 Å². The van der Waals surface area contributed by atoms with Gasteiger partial charge in [-0.05, 0) is 55.8 Å². The SMILES string of the molecule is CCN1CCN(C(=O)c2cccc(C(=O)Nc3cc(C)cc(C)c3)n2)CC1. The molecule has 1 saturated heterocycles. The highest BCUT2D eigenvalue weighted by Gasteiger charge is 2.23. The van der Waals surface area contributed by atoms with Crippen molar-refractivity contribution in [1.29, 1.82) is 0 Å². The van der Waals surface area contributed by atoms with Crippen molar-refractivity contribution in [3.05, 3.63) is 58.9 Å². The van der Waals surface area contributed by atoms with E-state index in [0.717, 1.165) is 36.4 Å². The number of aromatic nitrogens is 1. The summed E-state index contributed by atoms with van der Waals surface area (Å²) in [4.78, 5) is 33.7. The minimum Gasteiger partial charge on any atom is -0.335 e. The van der Waals surface area contributed by atoms with Gasteiger partial charge in [-0.15, -0.1) is 0 Å². The average molecular weight is 366 g/mol. The number of carbonyl (C=O) groups excluding carboxylic acids is 2. The van der Waals surface area contributed by atoms with E-state index in [-0.39, 0.29) is 17.5 Å². The first-order valence-corrected chi connectivity index (χ1v) is 9.34. The molecule has 0 aliphatic carbocycles. The molecule has 1 aromatic carbocycles. The third-order valence-corrected chi connectivity index (χ3v) is 4.79. The van der Waals surface area contributed by atoms with Gasteiger partial charge < -0.3 is 15.1 Å². The van der Waals surface area contributed by atoms with Crippen LogP contribution >= 0.6 is 0 Å². The molecule has 1 N–H and O–H groups in total. The fourth-order valence-corrected chi connectivity index (χ4v) is 3.35. The highest BCUT2D eigenvalue weighted by molar-refractivity contribution is 6.04. The Bertz CT molecular complexity index is 822. The number of piperazine rings is 1. The Morgan fingerprint density at radius 1 is 1.00 bits per heavy atom. The summed E-state index contributed by atoms with van der Waals surface area (Å²) < 4.78 is 0. The number of amides is 2. The molecule has 2 amide bonds. The highest BCUT2D eigenvalue weighted by atomic mass is 16.2. The first-order chi connectivity index (χ1) is 13.0. The summed E-state index contributed by atoms with van der Waals surface area (Å²) in [7, 11) is 0. The lowest BCUT2D eigenvalue weighted by atomic mass is 10.1. The van der Waals surface area contributed by atoms with E-state index in [1.165, 1.54) is 0 Å². The topological polar surface area (TPSA) is 65.5 Å². The van der Waals surface area contributed by atoms with Gasteiger partial charge in [0.05, 0.1) is 0 Å². The molecule has 1 aromatic heterocycles. The Morgan fingerprint density at radius 3 is 2.26 bits per heavy atom. The number of rotatable bonds is 4. The van der Waals surface area contributed by atoms with E-state index < -0.39 is 0 Å². The number of likely N-dealkylation sites (N-methyl/N-ethyl adjacent to an activating group) is 1. The van der Waals surface area contributed by atoms with Crippen molar-refractivity contribution in [1.82, 2.24) is 14.8 Å². The molecule has 6 heteroatoms. The van der Waals surface area contributed by atoms with Crippen LogP contribution in [0, 0.1) is 13.8 Å². The van der Waals surface area contributed by atoms with E-state index in [0.29, 0.717) is 18.8 Å². The molecule has 0 saturated carbocycles. The fraction of sp³-hybridized carbons (Fsp3) is 0.381. The quantitative estimate of drug-likeness (QED) is 0.904. The second kappa shape index (κ2) is 8.31. The molecule has 0 unspecified atom stereocenters. The van der Waals surface area contributed by atoms with Crippen molar-refractivity contribution >= 4 is 17.5 Å². The Labute approximate surface area is 160 Å². The first-order valence-electron chi connectivity index (χ1n) is 9.34. The zero-order chi connectivity index (χ0) is 19.4. The average Bonchev–Trinajstić information content (AvgIpc) is 2.67. The number of hydrogen-bond donors (Lipinski definition) is 1. The Morgan fingerprint density at radius 2 is 1.63 bits per heavy atom. The molecule has 0 radical (unpaired) electrons. The Balaban J connectivity index is 1.71. The van der Waals surface area contributed by atoms with E-state index in [1.54, 1.807) is 23.1 Å². The summed E-state index contributed by atoms with van der Waals surface area (Å²) in [5, 5.41) is 2.87.